The first kappa shape index (κ1) is 29.5. The number of nitrogens with zero attached hydrogens (tertiary/aromatic N) is 1. The Kier molecular flexibility index (Phi) is 9.90. The summed E-state index contributed by atoms with van der Waals surface area (Å²) >= 11 is 0. The zero-order valence-corrected chi connectivity index (χ0v) is 24.0. The average molecular weight is 556 g/mol. The van der Waals surface area contributed by atoms with E-state index < -0.39 is 12.0 Å². The first-order chi connectivity index (χ1) is 19.7. The standard InChI is InChI=1S/C33H37N3O5/c1-5-40-33(39)31(34-22(4)37)20-28-19-30(36-41-28)29(16-21(2)3)35-32(38)17-23-10-12-25(13-11-23)27-15-14-24-8-6-7-9-26(24)18-27/h6-15,18-19,21,29,31H,5,16-17,20H2,1-4H3,(H,34,37)(H,35,38). The van der Waals surface area contributed by atoms with Gasteiger partial charge in [0.15, 0.2) is 0 Å². The maximum absolute atomic E-state index is 13.1. The van der Waals surface area contributed by atoms with Crippen molar-refractivity contribution in [2.24, 2.45) is 5.92 Å². The van der Waals surface area contributed by atoms with Gasteiger partial charge in [-0.25, -0.2) is 4.79 Å². The van der Waals surface area contributed by atoms with Crippen LogP contribution in [0.3, 0.4) is 0 Å². The van der Waals surface area contributed by atoms with Gasteiger partial charge in [-0.05, 0) is 52.8 Å². The molecule has 2 atom stereocenters. The molecule has 0 spiro atoms. The minimum Gasteiger partial charge on any atom is -0.464 e. The number of carbonyl (C=O) groups excluding carboxylic acids is 3. The van der Waals surface area contributed by atoms with Gasteiger partial charge in [0.05, 0.1) is 19.1 Å². The number of fused-ring (bicyclic) bond motifs is 1. The molecule has 214 valence electrons. The number of ether oxygens (including phenoxy) is 1. The molecule has 0 saturated carbocycles. The molecule has 4 aromatic rings. The van der Waals surface area contributed by atoms with Crippen molar-refractivity contribution in [3.05, 3.63) is 89.8 Å². The Balaban J connectivity index is 1.41. The van der Waals surface area contributed by atoms with Crippen molar-refractivity contribution in [3.63, 3.8) is 0 Å². The van der Waals surface area contributed by atoms with Crippen LogP contribution >= 0.6 is 0 Å². The summed E-state index contributed by atoms with van der Waals surface area (Å²) in [6.07, 6.45) is 0.980. The van der Waals surface area contributed by atoms with Crippen LogP contribution in [0.25, 0.3) is 21.9 Å². The highest BCUT2D eigenvalue weighted by molar-refractivity contribution is 5.87. The number of hydrogen-bond acceptors (Lipinski definition) is 6. The SMILES string of the molecule is CCOC(=O)C(Cc1cc(C(CC(C)C)NC(=O)Cc2ccc(-c3ccc4ccccc4c3)cc2)no1)NC(C)=O. The molecule has 8 heteroatoms. The molecule has 0 aliphatic rings. The highest BCUT2D eigenvalue weighted by Gasteiger charge is 2.25. The fourth-order valence-electron chi connectivity index (χ4n) is 4.81. The van der Waals surface area contributed by atoms with Crippen LogP contribution in [0.15, 0.2) is 77.3 Å². The maximum atomic E-state index is 13.1. The number of amides is 2. The predicted octanol–water partition coefficient (Wildman–Crippen LogP) is 5.55. The third-order valence-corrected chi connectivity index (χ3v) is 6.73. The van der Waals surface area contributed by atoms with E-state index in [2.05, 4.69) is 60.0 Å². The van der Waals surface area contributed by atoms with Gasteiger partial charge in [-0.2, -0.15) is 0 Å². The van der Waals surface area contributed by atoms with Gasteiger partial charge in [0, 0.05) is 19.4 Å². The van der Waals surface area contributed by atoms with Gasteiger partial charge in [-0.1, -0.05) is 79.7 Å². The third-order valence-electron chi connectivity index (χ3n) is 6.73. The van der Waals surface area contributed by atoms with Gasteiger partial charge in [-0.3, -0.25) is 9.59 Å². The Morgan fingerprint density at radius 3 is 2.29 bits per heavy atom. The first-order valence-corrected chi connectivity index (χ1v) is 14.0. The number of esters is 1. The zero-order valence-electron chi connectivity index (χ0n) is 24.0. The fraction of sp³-hybridized carbons (Fsp3) is 0.333. The van der Waals surface area contributed by atoms with Crippen molar-refractivity contribution in [3.8, 4) is 11.1 Å². The number of nitrogens with one attached hydrogen (secondary N) is 2. The largest absolute Gasteiger partial charge is 0.464 e. The van der Waals surface area contributed by atoms with Gasteiger partial charge in [-0.15, -0.1) is 0 Å². The summed E-state index contributed by atoms with van der Waals surface area (Å²) in [7, 11) is 0. The van der Waals surface area contributed by atoms with Crippen molar-refractivity contribution < 1.29 is 23.6 Å². The average Bonchev–Trinajstić information content (AvgIpc) is 3.41. The second-order valence-electron chi connectivity index (χ2n) is 10.6. The van der Waals surface area contributed by atoms with Crippen molar-refractivity contribution >= 4 is 28.6 Å². The van der Waals surface area contributed by atoms with Crippen LogP contribution in [0.1, 0.15) is 57.2 Å². The normalized spacial score (nSPS) is 12.6. The lowest BCUT2D eigenvalue weighted by Gasteiger charge is -2.18. The van der Waals surface area contributed by atoms with Crippen LogP contribution in [0.2, 0.25) is 0 Å². The minimum atomic E-state index is -0.885. The summed E-state index contributed by atoms with van der Waals surface area (Å²) in [5, 5.41) is 12.3. The molecule has 0 saturated heterocycles. The van der Waals surface area contributed by atoms with Crippen molar-refractivity contribution in [2.45, 2.75) is 59.0 Å². The second-order valence-corrected chi connectivity index (χ2v) is 10.6. The molecule has 0 radical (unpaired) electrons. The molecule has 0 bridgehead atoms. The number of hydrogen-bond donors (Lipinski definition) is 2. The molecule has 2 N–H and O–H groups in total. The molecule has 2 unspecified atom stereocenters. The Bertz CT molecular complexity index is 1490. The lowest BCUT2D eigenvalue weighted by molar-refractivity contribution is -0.147. The lowest BCUT2D eigenvalue weighted by Crippen LogP contribution is -2.42. The Morgan fingerprint density at radius 1 is 0.902 bits per heavy atom. The zero-order chi connectivity index (χ0) is 29.4. The summed E-state index contributed by atoms with van der Waals surface area (Å²) in [5.74, 6) is -0.314. The van der Waals surface area contributed by atoms with Gasteiger partial charge in [0.25, 0.3) is 0 Å². The minimum absolute atomic E-state index is 0.0946. The van der Waals surface area contributed by atoms with Crippen LogP contribution in [-0.4, -0.2) is 35.6 Å². The molecule has 0 aliphatic heterocycles. The summed E-state index contributed by atoms with van der Waals surface area (Å²) in [6, 6.07) is 23.2. The van der Waals surface area contributed by atoms with Gasteiger partial charge in [0.1, 0.15) is 17.5 Å². The second kappa shape index (κ2) is 13.7. The molecular weight excluding hydrogens is 518 g/mol. The van der Waals surface area contributed by atoms with Gasteiger partial charge < -0.3 is 19.9 Å². The summed E-state index contributed by atoms with van der Waals surface area (Å²) in [5.41, 5.74) is 3.69. The molecule has 3 aromatic carbocycles. The summed E-state index contributed by atoms with van der Waals surface area (Å²) in [6.45, 7) is 7.38. The molecule has 8 nitrogen and oxygen atoms in total. The highest BCUT2D eigenvalue weighted by atomic mass is 16.5. The highest BCUT2D eigenvalue weighted by Crippen LogP contribution is 2.26. The predicted molar refractivity (Wildman–Crippen MR) is 158 cm³/mol. The van der Waals surface area contributed by atoms with Crippen molar-refractivity contribution in [2.75, 3.05) is 6.61 Å². The van der Waals surface area contributed by atoms with E-state index in [0.717, 1.165) is 16.7 Å². The first-order valence-electron chi connectivity index (χ1n) is 14.0. The molecule has 0 fully saturated rings. The van der Waals surface area contributed by atoms with E-state index in [1.54, 1.807) is 13.0 Å². The van der Waals surface area contributed by atoms with Crippen LogP contribution < -0.4 is 10.6 Å². The monoisotopic (exact) mass is 555 g/mol. The molecule has 4 rings (SSSR count). The van der Waals surface area contributed by atoms with E-state index in [0.29, 0.717) is 17.9 Å². The van der Waals surface area contributed by atoms with Gasteiger partial charge >= 0.3 is 5.97 Å². The summed E-state index contributed by atoms with van der Waals surface area (Å²) < 4.78 is 10.6. The van der Waals surface area contributed by atoms with Gasteiger partial charge in [0.2, 0.25) is 11.8 Å². The number of aromatic nitrogens is 1. The quantitative estimate of drug-likeness (QED) is 0.222. The van der Waals surface area contributed by atoms with E-state index in [1.165, 1.54) is 17.7 Å². The molecule has 0 aliphatic carbocycles. The maximum Gasteiger partial charge on any atom is 0.329 e. The van der Waals surface area contributed by atoms with Crippen LogP contribution in [0.5, 0.6) is 0 Å². The molecular formula is C33H37N3O5. The number of benzene rings is 3. The van der Waals surface area contributed by atoms with E-state index >= 15 is 0 Å². The van der Waals surface area contributed by atoms with Crippen LogP contribution in [0.4, 0.5) is 0 Å². The van der Waals surface area contributed by atoms with E-state index in [-0.39, 0.29) is 43.2 Å². The Labute approximate surface area is 240 Å². The summed E-state index contributed by atoms with van der Waals surface area (Å²) in [4.78, 5) is 36.9. The Hall–Kier alpha value is -4.46. The topological polar surface area (TPSA) is 111 Å². The van der Waals surface area contributed by atoms with Crippen LogP contribution in [0, 0.1) is 5.92 Å². The molecule has 2 amide bonds. The van der Waals surface area contributed by atoms with E-state index in [1.807, 2.05) is 36.4 Å². The fourth-order valence-corrected chi connectivity index (χ4v) is 4.81. The molecule has 1 aromatic heterocycles. The third kappa shape index (κ3) is 8.27. The smallest absolute Gasteiger partial charge is 0.329 e. The number of carbonyl (C=O) groups is 3. The van der Waals surface area contributed by atoms with Crippen molar-refractivity contribution in [1.29, 1.82) is 0 Å². The van der Waals surface area contributed by atoms with Crippen molar-refractivity contribution in [1.82, 2.24) is 15.8 Å². The Morgan fingerprint density at radius 2 is 1.61 bits per heavy atom. The number of rotatable bonds is 12. The van der Waals surface area contributed by atoms with E-state index in [9.17, 15) is 14.4 Å². The molecule has 41 heavy (non-hydrogen) atoms. The van der Waals surface area contributed by atoms with Crippen LogP contribution in [-0.2, 0) is 32.0 Å². The van der Waals surface area contributed by atoms with E-state index in [4.69, 9.17) is 9.26 Å². The lowest BCUT2D eigenvalue weighted by atomic mass is 9.99. The molecule has 1 heterocycles.